The zero-order chi connectivity index (χ0) is 19.4. The number of nitrogens with zero attached hydrogens (tertiary/aromatic N) is 2. The van der Waals surface area contributed by atoms with Gasteiger partial charge in [-0.3, -0.25) is 19.1 Å². The molecule has 0 unspecified atom stereocenters. The van der Waals surface area contributed by atoms with E-state index in [0.717, 1.165) is 12.1 Å². The lowest BCUT2D eigenvalue weighted by Gasteiger charge is -2.17. The van der Waals surface area contributed by atoms with Crippen LogP contribution in [0.5, 0.6) is 0 Å². The molecule has 0 saturated carbocycles. The molecular formula is C19H14F3N3O2. The minimum atomic E-state index is -4.72. The highest BCUT2D eigenvalue weighted by Gasteiger charge is 2.35. The highest BCUT2D eigenvalue weighted by molar-refractivity contribution is 6.04. The molecule has 5 nitrogen and oxygen atoms in total. The van der Waals surface area contributed by atoms with Crippen LogP contribution in [0.1, 0.15) is 21.6 Å². The quantitative estimate of drug-likeness (QED) is 0.761. The van der Waals surface area contributed by atoms with Crippen molar-refractivity contribution in [2.24, 2.45) is 0 Å². The van der Waals surface area contributed by atoms with Gasteiger partial charge in [0.05, 0.1) is 6.54 Å². The molecule has 1 aromatic carbocycles. The fraction of sp³-hybridized carbons (Fsp3) is 0.105. The summed E-state index contributed by atoms with van der Waals surface area (Å²) >= 11 is 0. The van der Waals surface area contributed by atoms with Gasteiger partial charge >= 0.3 is 6.18 Å². The fourth-order valence-corrected chi connectivity index (χ4v) is 2.54. The average molecular weight is 373 g/mol. The van der Waals surface area contributed by atoms with E-state index in [2.05, 4.69) is 10.3 Å². The van der Waals surface area contributed by atoms with Crippen molar-refractivity contribution in [1.29, 1.82) is 0 Å². The molecule has 0 radical (unpaired) electrons. The van der Waals surface area contributed by atoms with Crippen LogP contribution in [0, 0.1) is 0 Å². The standard InChI is InChI=1S/C19H14F3N3O2/c20-19(21,22)16-9-8-15(24-17(26)14-6-2-1-3-7-14)18(27)25(16)12-13-5-4-10-23-11-13/h1-11H,12H2,(H,24,26). The van der Waals surface area contributed by atoms with Crippen LogP contribution in [0.15, 0.2) is 71.8 Å². The van der Waals surface area contributed by atoms with E-state index in [0.29, 0.717) is 10.1 Å². The summed E-state index contributed by atoms with van der Waals surface area (Å²) in [4.78, 5) is 28.7. The number of halogens is 3. The van der Waals surface area contributed by atoms with E-state index >= 15 is 0 Å². The van der Waals surface area contributed by atoms with Crippen LogP contribution >= 0.6 is 0 Å². The molecule has 8 heteroatoms. The number of anilines is 1. The topological polar surface area (TPSA) is 64.0 Å². The van der Waals surface area contributed by atoms with Crippen LogP contribution < -0.4 is 10.9 Å². The van der Waals surface area contributed by atoms with Crippen LogP contribution in [0.25, 0.3) is 0 Å². The summed E-state index contributed by atoms with van der Waals surface area (Å²) in [6.45, 7) is -0.323. The van der Waals surface area contributed by atoms with Crippen molar-refractivity contribution in [1.82, 2.24) is 9.55 Å². The molecule has 0 fully saturated rings. The van der Waals surface area contributed by atoms with Gasteiger partial charge in [-0.15, -0.1) is 0 Å². The Labute approximate surface area is 152 Å². The predicted octanol–water partition coefficient (Wildman–Crippen LogP) is 3.56. The van der Waals surface area contributed by atoms with Crippen molar-refractivity contribution in [2.45, 2.75) is 12.7 Å². The number of carbonyl (C=O) groups excluding carboxylic acids is 1. The molecule has 1 amide bonds. The number of hydrogen-bond acceptors (Lipinski definition) is 3. The second-order valence-corrected chi connectivity index (χ2v) is 5.70. The minimum absolute atomic E-state index is 0.235. The van der Waals surface area contributed by atoms with E-state index in [-0.39, 0.29) is 17.8 Å². The number of benzene rings is 1. The molecule has 3 aromatic rings. The first-order valence-corrected chi connectivity index (χ1v) is 7.92. The fourth-order valence-electron chi connectivity index (χ4n) is 2.54. The third-order valence-corrected chi connectivity index (χ3v) is 3.81. The summed E-state index contributed by atoms with van der Waals surface area (Å²) in [6.07, 6.45) is -1.86. The number of aromatic nitrogens is 2. The number of pyridine rings is 2. The number of nitrogens with one attached hydrogen (secondary N) is 1. The van der Waals surface area contributed by atoms with Crippen molar-refractivity contribution in [3.8, 4) is 0 Å². The van der Waals surface area contributed by atoms with Crippen LogP contribution in [-0.2, 0) is 12.7 Å². The molecule has 0 aliphatic rings. The highest BCUT2D eigenvalue weighted by Crippen LogP contribution is 2.29. The predicted molar refractivity (Wildman–Crippen MR) is 93.4 cm³/mol. The first kappa shape index (κ1) is 18.4. The minimum Gasteiger partial charge on any atom is -0.317 e. The molecule has 138 valence electrons. The Morgan fingerprint density at radius 1 is 1.04 bits per heavy atom. The molecule has 3 rings (SSSR count). The summed E-state index contributed by atoms with van der Waals surface area (Å²) in [6, 6.07) is 12.9. The molecule has 2 heterocycles. The number of rotatable bonds is 4. The Hall–Kier alpha value is -3.42. The van der Waals surface area contributed by atoms with Crippen molar-refractivity contribution in [2.75, 3.05) is 5.32 Å². The SMILES string of the molecule is O=C(Nc1ccc(C(F)(F)F)n(Cc2cccnc2)c1=O)c1ccccc1. The summed E-state index contributed by atoms with van der Waals surface area (Å²) in [5.41, 5.74) is -1.57. The Morgan fingerprint density at radius 3 is 2.41 bits per heavy atom. The van der Waals surface area contributed by atoms with Gasteiger partial charge in [-0.25, -0.2) is 0 Å². The summed E-state index contributed by atoms with van der Waals surface area (Å²) in [5, 5.41) is 2.38. The van der Waals surface area contributed by atoms with Crippen molar-refractivity contribution >= 4 is 11.6 Å². The summed E-state index contributed by atoms with van der Waals surface area (Å²) in [7, 11) is 0. The zero-order valence-electron chi connectivity index (χ0n) is 13.9. The second-order valence-electron chi connectivity index (χ2n) is 5.70. The lowest BCUT2D eigenvalue weighted by atomic mass is 10.2. The van der Waals surface area contributed by atoms with E-state index < -0.39 is 23.3 Å². The number of alkyl halides is 3. The Balaban J connectivity index is 2.00. The van der Waals surface area contributed by atoms with Gasteiger partial charge in [0, 0.05) is 18.0 Å². The average Bonchev–Trinajstić information content (AvgIpc) is 2.65. The maximum atomic E-state index is 13.3. The van der Waals surface area contributed by atoms with Gasteiger partial charge in [0.15, 0.2) is 0 Å². The molecule has 0 aliphatic carbocycles. The van der Waals surface area contributed by atoms with Crippen LogP contribution in [-0.4, -0.2) is 15.5 Å². The normalized spacial score (nSPS) is 11.2. The van der Waals surface area contributed by atoms with Crippen LogP contribution in [0.4, 0.5) is 18.9 Å². The van der Waals surface area contributed by atoms with Crippen molar-refractivity contribution in [3.05, 3.63) is 94.2 Å². The maximum Gasteiger partial charge on any atom is 0.431 e. The first-order valence-electron chi connectivity index (χ1n) is 7.92. The van der Waals surface area contributed by atoms with Crippen molar-refractivity contribution < 1.29 is 18.0 Å². The third-order valence-electron chi connectivity index (χ3n) is 3.81. The van der Waals surface area contributed by atoms with Gasteiger partial charge in [0.1, 0.15) is 11.4 Å². The lowest BCUT2D eigenvalue weighted by molar-refractivity contribution is -0.144. The van der Waals surface area contributed by atoms with E-state index in [1.165, 1.54) is 24.5 Å². The number of carbonyl (C=O) groups is 1. The van der Waals surface area contributed by atoms with E-state index in [4.69, 9.17) is 0 Å². The highest BCUT2D eigenvalue weighted by atomic mass is 19.4. The van der Waals surface area contributed by atoms with Crippen LogP contribution in [0.3, 0.4) is 0 Å². The van der Waals surface area contributed by atoms with Crippen LogP contribution in [0.2, 0.25) is 0 Å². The van der Waals surface area contributed by atoms with Gasteiger partial charge in [-0.05, 0) is 35.9 Å². The number of amides is 1. The maximum absolute atomic E-state index is 13.3. The Kier molecular flexibility index (Phi) is 5.07. The first-order chi connectivity index (χ1) is 12.9. The molecule has 1 N–H and O–H groups in total. The van der Waals surface area contributed by atoms with Gasteiger partial charge in [0.2, 0.25) is 0 Å². The summed E-state index contributed by atoms with van der Waals surface area (Å²) in [5.74, 6) is -0.583. The lowest BCUT2D eigenvalue weighted by Crippen LogP contribution is -2.31. The molecule has 0 aliphatic heterocycles. The molecule has 0 saturated heterocycles. The molecule has 0 atom stereocenters. The van der Waals surface area contributed by atoms with Gasteiger partial charge in [0.25, 0.3) is 11.5 Å². The molecule has 27 heavy (non-hydrogen) atoms. The van der Waals surface area contributed by atoms with Gasteiger partial charge in [-0.1, -0.05) is 24.3 Å². The zero-order valence-corrected chi connectivity index (χ0v) is 13.9. The van der Waals surface area contributed by atoms with Gasteiger partial charge < -0.3 is 5.32 Å². The molecular weight excluding hydrogens is 359 g/mol. The smallest absolute Gasteiger partial charge is 0.317 e. The molecule has 2 aromatic heterocycles. The Morgan fingerprint density at radius 2 is 1.78 bits per heavy atom. The molecule has 0 spiro atoms. The monoisotopic (exact) mass is 373 g/mol. The third kappa shape index (κ3) is 4.22. The second kappa shape index (κ2) is 7.45. The summed E-state index contributed by atoms with van der Waals surface area (Å²) < 4.78 is 40.6. The Bertz CT molecular complexity index is 1000. The largest absolute Gasteiger partial charge is 0.431 e. The van der Waals surface area contributed by atoms with Gasteiger partial charge in [-0.2, -0.15) is 13.2 Å². The number of hydrogen-bond donors (Lipinski definition) is 1. The van der Waals surface area contributed by atoms with Crippen molar-refractivity contribution in [3.63, 3.8) is 0 Å². The van der Waals surface area contributed by atoms with E-state index in [1.54, 1.807) is 30.3 Å². The van der Waals surface area contributed by atoms with E-state index in [9.17, 15) is 22.8 Å². The van der Waals surface area contributed by atoms with E-state index in [1.807, 2.05) is 0 Å². The molecule has 0 bridgehead atoms.